The monoisotopic (exact) mass is 314 g/mol. The summed E-state index contributed by atoms with van der Waals surface area (Å²) in [6.07, 6.45) is 1.53. The second-order valence-corrected chi connectivity index (χ2v) is 7.92. The van der Waals surface area contributed by atoms with Crippen LogP contribution in [0.4, 0.5) is 0 Å². The maximum absolute atomic E-state index is 12.3. The van der Waals surface area contributed by atoms with Gasteiger partial charge in [0.2, 0.25) is 0 Å². The lowest BCUT2D eigenvalue weighted by Gasteiger charge is -2.47. The molecule has 0 saturated carbocycles. The molecule has 0 spiro atoms. The molecule has 4 heteroatoms. The van der Waals surface area contributed by atoms with E-state index in [2.05, 4.69) is 0 Å². The molecule has 22 heavy (non-hydrogen) atoms. The van der Waals surface area contributed by atoms with Gasteiger partial charge in [-0.15, -0.1) is 0 Å². The summed E-state index contributed by atoms with van der Waals surface area (Å²) in [5.41, 5.74) is -2.44. The van der Waals surface area contributed by atoms with Crippen molar-refractivity contribution in [2.75, 3.05) is 0 Å². The van der Waals surface area contributed by atoms with Gasteiger partial charge in [-0.1, -0.05) is 48.5 Å². The van der Waals surface area contributed by atoms with Crippen molar-refractivity contribution in [2.45, 2.75) is 74.1 Å². The van der Waals surface area contributed by atoms with Gasteiger partial charge in [-0.3, -0.25) is 9.59 Å². The standard InChI is InChI=1S/C18H34O4/c1-8-17(15(19)20,9-12(2)3)18(16(21)22,10-13(4)5)11-14(6)7/h12-14H,8-11H2,1-7H3,(H,19,20)(H,21,22). The largest absolute Gasteiger partial charge is 0.481 e. The highest BCUT2D eigenvalue weighted by Crippen LogP contribution is 2.54. The molecule has 1 unspecified atom stereocenters. The van der Waals surface area contributed by atoms with Crippen molar-refractivity contribution >= 4 is 11.9 Å². The van der Waals surface area contributed by atoms with Crippen molar-refractivity contribution in [3.8, 4) is 0 Å². The lowest BCUT2D eigenvalue weighted by molar-refractivity contribution is -0.181. The number of hydrogen-bond donors (Lipinski definition) is 2. The number of carboxylic acid groups (broad SMARTS) is 2. The molecule has 1 atom stereocenters. The fraction of sp³-hybridized carbons (Fsp3) is 0.889. The minimum Gasteiger partial charge on any atom is -0.481 e. The quantitative estimate of drug-likeness (QED) is 0.614. The summed E-state index contributed by atoms with van der Waals surface area (Å²) >= 11 is 0. The molecule has 4 nitrogen and oxygen atoms in total. The van der Waals surface area contributed by atoms with Crippen LogP contribution in [0.1, 0.15) is 74.1 Å². The second-order valence-electron chi connectivity index (χ2n) is 7.92. The van der Waals surface area contributed by atoms with Gasteiger partial charge in [-0.2, -0.15) is 0 Å². The topological polar surface area (TPSA) is 74.6 Å². The van der Waals surface area contributed by atoms with Gasteiger partial charge in [-0.05, 0) is 43.4 Å². The third-order valence-corrected chi connectivity index (χ3v) is 4.61. The van der Waals surface area contributed by atoms with Gasteiger partial charge in [0.1, 0.15) is 0 Å². The average molecular weight is 314 g/mol. The van der Waals surface area contributed by atoms with E-state index in [0.717, 1.165) is 0 Å². The number of hydrogen-bond acceptors (Lipinski definition) is 2. The van der Waals surface area contributed by atoms with E-state index in [1.54, 1.807) is 0 Å². The Labute approximate surface area is 135 Å². The van der Waals surface area contributed by atoms with Crippen molar-refractivity contribution in [3.63, 3.8) is 0 Å². The Morgan fingerprint density at radius 3 is 1.18 bits per heavy atom. The number of rotatable bonds is 10. The molecular formula is C18H34O4. The molecule has 0 heterocycles. The summed E-state index contributed by atoms with van der Waals surface area (Å²) in [6, 6.07) is 0. The Balaban J connectivity index is 6.34. The molecule has 0 aliphatic heterocycles. The zero-order valence-electron chi connectivity index (χ0n) is 15.3. The minimum atomic E-state index is -1.22. The van der Waals surface area contributed by atoms with Gasteiger partial charge in [0.15, 0.2) is 0 Å². The first-order valence-corrected chi connectivity index (χ1v) is 8.42. The highest BCUT2D eigenvalue weighted by Gasteiger charge is 2.60. The lowest BCUT2D eigenvalue weighted by Crippen LogP contribution is -2.54. The second kappa shape index (κ2) is 7.98. The summed E-state index contributed by atoms with van der Waals surface area (Å²) in [6.45, 7) is 13.6. The minimum absolute atomic E-state index is 0.132. The van der Waals surface area contributed by atoms with Gasteiger partial charge < -0.3 is 10.2 Å². The van der Waals surface area contributed by atoms with Gasteiger partial charge in [-0.25, -0.2) is 0 Å². The molecule has 0 aliphatic carbocycles. The smallest absolute Gasteiger partial charge is 0.310 e. The normalized spacial score (nSPS) is 15.4. The van der Waals surface area contributed by atoms with E-state index in [1.807, 2.05) is 48.5 Å². The van der Waals surface area contributed by atoms with Crippen LogP contribution in [0.15, 0.2) is 0 Å². The summed E-state index contributed by atoms with van der Waals surface area (Å²) in [5.74, 6) is -1.53. The molecule has 0 amide bonds. The van der Waals surface area contributed by atoms with E-state index in [-0.39, 0.29) is 17.8 Å². The Morgan fingerprint density at radius 2 is 1.00 bits per heavy atom. The Morgan fingerprint density at radius 1 is 0.727 bits per heavy atom. The van der Waals surface area contributed by atoms with Crippen molar-refractivity contribution in [3.05, 3.63) is 0 Å². The molecule has 0 bridgehead atoms. The first-order valence-electron chi connectivity index (χ1n) is 8.42. The fourth-order valence-corrected chi connectivity index (χ4v) is 4.07. The molecule has 0 fully saturated rings. The molecule has 0 aromatic carbocycles. The van der Waals surface area contributed by atoms with Crippen LogP contribution < -0.4 is 0 Å². The number of aliphatic carboxylic acids is 2. The molecule has 2 N–H and O–H groups in total. The number of carboxylic acids is 2. The van der Waals surface area contributed by atoms with Crippen molar-refractivity contribution in [2.24, 2.45) is 28.6 Å². The van der Waals surface area contributed by atoms with Gasteiger partial charge >= 0.3 is 11.9 Å². The van der Waals surface area contributed by atoms with Crippen LogP contribution in [0.5, 0.6) is 0 Å². The van der Waals surface area contributed by atoms with E-state index < -0.39 is 22.8 Å². The summed E-state index contributed by atoms with van der Waals surface area (Å²) < 4.78 is 0. The van der Waals surface area contributed by atoms with Crippen LogP contribution >= 0.6 is 0 Å². The van der Waals surface area contributed by atoms with E-state index in [0.29, 0.717) is 25.7 Å². The molecule has 0 rings (SSSR count). The maximum atomic E-state index is 12.3. The van der Waals surface area contributed by atoms with Crippen LogP contribution in [-0.2, 0) is 9.59 Å². The molecule has 0 radical (unpaired) electrons. The highest BCUT2D eigenvalue weighted by molar-refractivity contribution is 5.86. The van der Waals surface area contributed by atoms with Crippen LogP contribution in [0.3, 0.4) is 0 Å². The summed E-state index contributed by atoms with van der Waals surface area (Å²) in [5, 5.41) is 20.1. The van der Waals surface area contributed by atoms with Gasteiger partial charge in [0.05, 0.1) is 10.8 Å². The molecule has 0 aliphatic rings. The first-order chi connectivity index (χ1) is 9.95. The van der Waals surface area contributed by atoms with Gasteiger partial charge in [0, 0.05) is 0 Å². The van der Waals surface area contributed by atoms with E-state index in [4.69, 9.17) is 0 Å². The van der Waals surface area contributed by atoms with Crippen LogP contribution in [0.25, 0.3) is 0 Å². The first kappa shape index (κ1) is 20.9. The van der Waals surface area contributed by atoms with Crippen molar-refractivity contribution in [1.82, 2.24) is 0 Å². The summed E-state index contributed by atoms with van der Waals surface area (Å²) in [7, 11) is 0. The zero-order valence-corrected chi connectivity index (χ0v) is 15.3. The molecule has 130 valence electrons. The molecule has 0 saturated heterocycles. The summed E-state index contributed by atoms with van der Waals surface area (Å²) in [4.78, 5) is 24.6. The predicted octanol–water partition coefficient (Wildman–Crippen LogP) is 4.68. The third kappa shape index (κ3) is 4.23. The van der Waals surface area contributed by atoms with E-state index >= 15 is 0 Å². The SMILES string of the molecule is CCC(CC(C)C)(C(=O)O)C(CC(C)C)(CC(C)C)C(=O)O. The molecule has 0 aromatic heterocycles. The van der Waals surface area contributed by atoms with E-state index in [9.17, 15) is 19.8 Å². The third-order valence-electron chi connectivity index (χ3n) is 4.61. The average Bonchev–Trinajstić information content (AvgIpc) is 2.32. The van der Waals surface area contributed by atoms with E-state index in [1.165, 1.54) is 0 Å². The maximum Gasteiger partial charge on any atom is 0.310 e. The molecular weight excluding hydrogens is 280 g/mol. The molecule has 0 aromatic rings. The van der Waals surface area contributed by atoms with Crippen molar-refractivity contribution < 1.29 is 19.8 Å². The fourth-order valence-electron chi connectivity index (χ4n) is 4.07. The Kier molecular flexibility index (Phi) is 7.60. The highest BCUT2D eigenvalue weighted by atomic mass is 16.4. The van der Waals surface area contributed by atoms with Crippen LogP contribution in [0.2, 0.25) is 0 Å². The lowest BCUT2D eigenvalue weighted by atomic mass is 9.53. The predicted molar refractivity (Wildman–Crippen MR) is 88.8 cm³/mol. The Hall–Kier alpha value is -1.06. The number of carbonyl (C=O) groups is 2. The van der Waals surface area contributed by atoms with Crippen LogP contribution in [0, 0.1) is 28.6 Å². The van der Waals surface area contributed by atoms with Crippen LogP contribution in [-0.4, -0.2) is 22.2 Å². The van der Waals surface area contributed by atoms with Gasteiger partial charge in [0.25, 0.3) is 0 Å². The Bertz CT molecular complexity index is 375. The zero-order chi connectivity index (χ0) is 17.7. The van der Waals surface area contributed by atoms with Crippen molar-refractivity contribution in [1.29, 1.82) is 0 Å².